The van der Waals surface area contributed by atoms with E-state index in [-0.39, 0.29) is 12.3 Å². The molecule has 2 amide bonds. The number of benzene rings is 2. The highest BCUT2D eigenvalue weighted by Gasteiger charge is 2.13. The number of carbonyl (C=O) groups excluding carboxylic acids is 2. The highest BCUT2D eigenvalue weighted by atomic mass is 35.5. The van der Waals surface area contributed by atoms with Gasteiger partial charge in [0.1, 0.15) is 13.2 Å². The third-order valence-corrected chi connectivity index (χ3v) is 3.61. The van der Waals surface area contributed by atoms with Crippen LogP contribution in [0.5, 0.6) is 11.5 Å². The molecule has 124 valence electrons. The van der Waals surface area contributed by atoms with Crippen molar-refractivity contribution >= 4 is 23.4 Å². The fraction of sp³-hybridized carbons (Fsp3) is 0.176. The Kier molecular flexibility index (Phi) is 4.86. The Morgan fingerprint density at radius 1 is 1.00 bits per heavy atom. The molecule has 2 aromatic rings. The summed E-state index contributed by atoms with van der Waals surface area (Å²) < 4.78 is 10.9. The Labute approximate surface area is 143 Å². The van der Waals surface area contributed by atoms with E-state index in [1.165, 1.54) is 6.07 Å². The van der Waals surface area contributed by atoms with Gasteiger partial charge in [-0.1, -0.05) is 23.7 Å². The van der Waals surface area contributed by atoms with Crippen molar-refractivity contribution in [1.82, 2.24) is 10.9 Å². The van der Waals surface area contributed by atoms with Gasteiger partial charge in [-0.05, 0) is 35.9 Å². The zero-order valence-electron chi connectivity index (χ0n) is 12.7. The lowest BCUT2D eigenvalue weighted by molar-refractivity contribution is -0.121. The van der Waals surface area contributed by atoms with Crippen LogP contribution in [0.15, 0.2) is 42.5 Å². The van der Waals surface area contributed by atoms with Crippen molar-refractivity contribution in [2.24, 2.45) is 0 Å². The van der Waals surface area contributed by atoms with Crippen molar-refractivity contribution in [1.29, 1.82) is 0 Å². The number of hydrogen-bond acceptors (Lipinski definition) is 4. The van der Waals surface area contributed by atoms with Gasteiger partial charge in [-0.3, -0.25) is 20.4 Å². The minimum Gasteiger partial charge on any atom is -0.486 e. The lowest BCUT2D eigenvalue weighted by atomic mass is 10.1. The first-order chi connectivity index (χ1) is 11.6. The average molecular weight is 347 g/mol. The number of hydrogen-bond donors (Lipinski definition) is 2. The molecule has 0 aromatic heterocycles. The normalized spacial score (nSPS) is 12.4. The summed E-state index contributed by atoms with van der Waals surface area (Å²) in [4.78, 5) is 23.9. The molecule has 6 nitrogen and oxygen atoms in total. The van der Waals surface area contributed by atoms with Gasteiger partial charge < -0.3 is 9.47 Å². The lowest BCUT2D eigenvalue weighted by Gasteiger charge is -2.18. The van der Waals surface area contributed by atoms with Crippen LogP contribution in [0, 0.1) is 0 Å². The maximum atomic E-state index is 12.0. The van der Waals surface area contributed by atoms with Gasteiger partial charge in [0.15, 0.2) is 11.5 Å². The topological polar surface area (TPSA) is 76.7 Å². The lowest BCUT2D eigenvalue weighted by Crippen LogP contribution is -2.42. The smallest absolute Gasteiger partial charge is 0.269 e. The van der Waals surface area contributed by atoms with E-state index in [4.69, 9.17) is 21.1 Å². The zero-order chi connectivity index (χ0) is 16.9. The number of halogens is 1. The number of ether oxygens (including phenoxy) is 2. The average Bonchev–Trinajstić information content (AvgIpc) is 2.59. The number of hydrazine groups is 1. The molecule has 1 heterocycles. The molecule has 0 saturated carbocycles. The van der Waals surface area contributed by atoms with E-state index in [2.05, 4.69) is 10.9 Å². The standard InChI is InChI=1S/C17H15ClN2O4/c18-13-3-1-2-12(10-13)17(22)20-19-16(21)9-11-4-5-14-15(8-11)24-7-6-23-14/h1-5,8,10H,6-7,9H2,(H,19,21)(H,20,22). The fourth-order valence-electron chi connectivity index (χ4n) is 2.26. The van der Waals surface area contributed by atoms with E-state index >= 15 is 0 Å². The molecule has 0 saturated heterocycles. The number of carbonyl (C=O) groups is 2. The van der Waals surface area contributed by atoms with Crippen LogP contribution in [0.4, 0.5) is 0 Å². The maximum absolute atomic E-state index is 12.0. The molecule has 7 heteroatoms. The molecule has 0 fully saturated rings. The molecule has 24 heavy (non-hydrogen) atoms. The monoisotopic (exact) mass is 346 g/mol. The van der Waals surface area contributed by atoms with Crippen molar-refractivity contribution in [3.05, 3.63) is 58.6 Å². The molecule has 0 bridgehead atoms. The summed E-state index contributed by atoms with van der Waals surface area (Å²) in [5.74, 6) is 0.504. The van der Waals surface area contributed by atoms with E-state index in [0.717, 1.165) is 5.56 Å². The van der Waals surface area contributed by atoms with Crippen LogP contribution in [0.3, 0.4) is 0 Å². The Bertz CT molecular complexity index is 779. The van der Waals surface area contributed by atoms with Gasteiger partial charge in [0.05, 0.1) is 6.42 Å². The fourth-order valence-corrected chi connectivity index (χ4v) is 2.45. The van der Waals surface area contributed by atoms with E-state index in [1.54, 1.807) is 36.4 Å². The SMILES string of the molecule is O=C(Cc1ccc2c(c1)OCCO2)NNC(=O)c1cccc(Cl)c1. The predicted octanol–water partition coefficient (Wildman–Crippen LogP) is 2.11. The quantitative estimate of drug-likeness (QED) is 0.835. The Balaban J connectivity index is 1.55. The largest absolute Gasteiger partial charge is 0.486 e. The zero-order valence-corrected chi connectivity index (χ0v) is 13.4. The minimum absolute atomic E-state index is 0.104. The van der Waals surface area contributed by atoms with Crippen molar-refractivity contribution in [3.8, 4) is 11.5 Å². The molecule has 2 aromatic carbocycles. The molecule has 3 rings (SSSR count). The third kappa shape index (κ3) is 3.97. The van der Waals surface area contributed by atoms with E-state index in [0.29, 0.717) is 35.3 Å². The van der Waals surface area contributed by atoms with Crippen LogP contribution in [-0.2, 0) is 11.2 Å². The first-order valence-corrected chi connectivity index (χ1v) is 7.73. The third-order valence-electron chi connectivity index (χ3n) is 3.37. The van der Waals surface area contributed by atoms with Crippen LogP contribution in [0.25, 0.3) is 0 Å². The Morgan fingerprint density at radius 2 is 1.79 bits per heavy atom. The molecule has 1 aliphatic heterocycles. The van der Waals surface area contributed by atoms with Crippen molar-refractivity contribution in [2.75, 3.05) is 13.2 Å². The summed E-state index contributed by atoms with van der Waals surface area (Å²) in [6.07, 6.45) is 0.104. The molecule has 1 aliphatic rings. The first-order valence-electron chi connectivity index (χ1n) is 7.35. The van der Waals surface area contributed by atoms with Crippen molar-refractivity contribution < 1.29 is 19.1 Å². The molecule has 0 atom stereocenters. The van der Waals surface area contributed by atoms with Crippen LogP contribution >= 0.6 is 11.6 Å². The van der Waals surface area contributed by atoms with Gasteiger partial charge in [0, 0.05) is 10.6 Å². The number of nitrogens with one attached hydrogen (secondary N) is 2. The Hall–Kier alpha value is -2.73. The van der Waals surface area contributed by atoms with Crippen molar-refractivity contribution in [2.45, 2.75) is 6.42 Å². The molecule has 0 radical (unpaired) electrons. The molecule has 0 unspecified atom stereocenters. The molecule has 0 spiro atoms. The molecule has 2 N–H and O–H groups in total. The minimum atomic E-state index is -0.437. The van der Waals surface area contributed by atoms with Gasteiger partial charge in [0.25, 0.3) is 5.91 Å². The second-order valence-electron chi connectivity index (χ2n) is 5.17. The highest BCUT2D eigenvalue weighted by Crippen LogP contribution is 2.30. The maximum Gasteiger partial charge on any atom is 0.269 e. The van der Waals surface area contributed by atoms with Gasteiger partial charge >= 0.3 is 0 Å². The summed E-state index contributed by atoms with van der Waals surface area (Å²) in [6, 6.07) is 11.8. The molecular weight excluding hydrogens is 332 g/mol. The second-order valence-corrected chi connectivity index (χ2v) is 5.60. The molecular formula is C17H15ClN2O4. The van der Waals surface area contributed by atoms with E-state index in [9.17, 15) is 9.59 Å². The van der Waals surface area contributed by atoms with E-state index < -0.39 is 5.91 Å². The number of amides is 2. The Morgan fingerprint density at radius 3 is 2.58 bits per heavy atom. The summed E-state index contributed by atoms with van der Waals surface area (Å²) in [5, 5.41) is 0.449. The van der Waals surface area contributed by atoms with Gasteiger partial charge in [-0.2, -0.15) is 0 Å². The van der Waals surface area contributed by atoms with Gasteiger partial charge in [0.2, 0.25) is 5.91 Å². The summed E-state index contributed by atoms with van der Waals surface area (Å²) in [7, 11) is 0. The second kappa shape index (κ2) is 7.23. The predicted molar refractivity (Wildman–Crippen MR) is 88.2 cm³/mol. The van der Waals surface area contributed by atoms with Crippen LogP contribution in [0.2, 0.25) is 5.02 Å². The number of fused-ring (bicyclic) bond motifs is 1. The molecule has 0 aliphatic carbocycles. The van der Waals surface area contributed by atoms with Crippen LogP contribution in [0.1, 0.15) is 15.9 Å². The number of rotatable bonds is 3. The van der Waals surface area contributed by atoms with Gasteiger partial charge in [-0.15, -0.1) is 0 Å². The summed E-state index contributed by atoms with van der Waals surface area (Å²) >= 11 is 5.83. The van der Waals surface area contributed by atoms with Crippen molar-refractivity contribution in [3.63, 3.8) is 0 Å². The summed E-state index contributed by atoms with van der Waals surface area (Å²) in [6.45, 7) is 1.00. The van der Waals surface area contributed by atoms with Crippen LogP contribution in [-0.4, -0.2) is 25.0 Å². The first kappa shape index (κ1) is 16.1. The van der Waals surface area contributed by atoms with Crippen LogP contribution < -0.4 is 20.3 Å². The highest BCUT2D eigenvalue weighted by molar-refractivity contribution is 6.30. The van der Waals surface area contributed by atoms with E-state index in [1.807, 2.05) is 0 Å². The van der Waals surface area contributed by atoms with Gasteiger partial charge in [-0.25, -0.2) is 0 Å². The summed E-state index contributed by atoms with van der Waals surface area (Å²) in [5.41, 5.74) is 5.85.